The molecule has 0 aromatic heterocycles. The number of anilines is 1. The molecule has 0 spiro atoms. The number of para-hydroxylation sites is 2. The number of carbonyl (C=O) groups excluding carboxylic acids is 2. The lowest BCUT2D eigenvalue weighted by atomic mass is 10.3. The van der Waals surface area contributed by atoms with E-state index in [1.54, 1.807) is 12.1 Å². The van der Waals surface area contributed by atoms with E-state index >= 15 is 0 Å². The average molecular weight is 293 g/mol. The molecule has 0 aliphatic heterocycles. The second kappa shape index (κ2) is 8.84. The highest BCUT2D eigenvalue weighted by atomic mass is 16.5. The van der Waals surface area contributed by atoms with E-state index in [1.165, 1.54) is 4.90 Å². The normalized spacial score (nSPS) is 10.0. The van der Waals surface area contributed by atoms with Crippen molar-refractivity contribution in [2.45, 2.75) is 20.3 Å². The van der Waals surface area contributed by atoms with Crippen LogP contribution in [0.4, 0.5) is 5.69 Å². The lowest BCUT2D eigenvalue weighted by molar-refractivity contribution is -0.136. The maximum absolute atomic E-state index is 12.0. The van der Waals surface area contributed by atoms with E-state index in [0.717, 1.165) is 0 Å². The number of nitrogen functional groups attached to an aromatic ring is 1. The first-order valence-corrected chi connectivity index (χ1v) is 7.10. The number of amides is 2. The summed E-state index contributed by atoms with van der Waals surface area (Å²) >= 11 is 0. The van der Waals surface area contributed by atoms with Gasteiger partial charge in [0.1, 0.15) is 5.75 Å². The van der Waals surface area contributed by atoms with E-state index < -0.39 is 0 Å². The quantitative estimate of drug-likeness (QED) is 0.701. The lowest BCUT2D eigenvalue weighted by Gasteiger charge is -2.20. The first-order chi connectivity index (χ1) is 10.1. The van der Waals surface area contributed by atoms with Crippen molar-refractivity contribution in [1.82, 2.24) is 10.2 Å². The van der Waals surface area contributed by atoms with Crippen LogP contribution in [-0.4, -0.2) is 43.0 Å². The third kappa shape index (κ3) is 5.72. The molecule has 6 heteroatoms. The van der Waals surface area contributed by atoms with Gasteiger partial charge in [-0.15, -0.1) is 0 Å². The Bertz CT molecular complexity index is 477. The number of hydrogen-bond acceptors (Lipinski definition) is 4. The maximum atomic E-state index is 12.0. The molecule has 0 bridgehead atoms. The Morgan fingerprint density at radius 1 is 1.29 bits per heavy atom. The highest BCUT2D eigenvalue weighted by molar-refractivity contribution is 5.84. The first kappa shape index (κ1) is 16.8. The summed E-state index contributed by atoms with van der Waals surface area (Å²) in [6.07, 6.45) is 0.210. The Morgan fingerprint density at radius 3 is 2.62 bits per heavy atom. The Labute approximate surface area is 125 Å². The van der Waals surface area contributed by atoms with Crippen LogP contribution in [0.2, 0.25) is 0 Å². The third-order valence-electron chi connectivity index (χ3n) is 2.94. The number of hydrogen-bond donors (Lipinski definition) is 2. The SMILES string of the molecule is CCNC(=O)CN(CC)C(=O)CCOc1ccccc1N. The second-order valence-corrected chi connectivity index (χ2v) is 4.50. The van der Waals surface area contributed by atoms with Gasteiger partial charge < -0.3 is 20.7 Å². The van der Waals surface area contributed by atoms with Crippen LogP contribution in [0, 0.1) is 0 Å². The molecule has 1 aromatic carbocycles. The summed E-state index contributed by atoms with van der Waals surface area (Å²) < 4.78 is 5.48. The van der Waals surface area contributed by atoms with Gasteiger partial charge in [-0.25, -0.2) is 0 Å². The Kier molecular flexibility index (Phi) is 7.08. The van der Waals surface area contributed by atoms with E-state index in [2.05, 4.69) is 5.32 Å². The van der Waals surface area contributed by atoms with Crippen molar-refractivity contribution in [3.63, 3.8) is 0 Å². The fourth-order valence-corrected chi connectivity index (χ4v) is 1.82. The van der Waals surface area contributed by atoms with Gasteiger partial charge >= 0.3 is 0 Å². The number of ether oxygens (including phenoxy) is 1. The van der Waals surface area contributed by atoms with Crippen molar-refractivity contribution in [2.75, 3.05) is 32.0 Å². The number of nitrogens with one attached hydrogen (secondary N) is 1. The molecular formula is C15H23N3O3. The van der Waals surface area contributed by atoms with Gasteiger partial charge in [0.15, 0.2) is 0 Å². The first-order valence-electron chi connectivity index (χ1n) is 7.10. The Morgan fingerprint density at radius 2 is 2.00 bits per heavy atom. The molecule has 6 nitrogen and oxygen atoms in total. The summed E-state index contributed by atoms with van der Waals surface area (Å²) in [6.45, 7) is 5.04. The van der Waals surface area contributed by atoms with Gasteiger partial charge in [0.05, 0.1) is 25.3 Å². The van der Waals surface area contributed by atoms with Crippen LogP contribution in [0.15, 0.2) is 24.3 Å². The second-order valence-electron chi connectivity index (χ2n) is 4.50. The minimum atomic E-state index is -0.152. The largest absolute Gasteiger partial charge is 0.491 e. The third-order valence-corrected chi connectivity index (χ3v) is 2.94. The van der Waals surface area contributed by atoms with Gasteiger partial charge in [0.2, 0.25) is 11.8 Å². The number of carbonyl (C=O) groups is 2. The molecule has 2 amide bonds. The van der Waals surface area contributed by atoms with Crippen molar-refractivity contribution in [3.05, 3.63) is 24.3 Å². The molecule has 116 valence electrons. The lowest BCUT2D eigenvalue weighted by Crippen LogP contribution is -2.40. The number of nitrogens with two attached hydrogens (primary N) is 1. The van der Waals surface area contributed by atoms with Crippen LogP contribution in [-0.2, 0) is 9.59 Å². The predicted octanol–water partition coefficient (Wildman–Crippen LogP) is 1.02. The zero-order valence-corrected chi connectivity index (χ0v) is 12.6. The summed E-state index contributed by atoms with van der Waals surface area (Å²) in [7, 11) is 0. The highest BCUT2D eigenvalue weighted by Crippen LogP contribution is 2.19. The van der Waals surface area contributed by atoms with Gasteiger partial charge in [-0.1, -0.05) is 12.1 Å². The highest BCUT2D eigenvalue weighted by Gasteiger charge is 2.15. The zero-order valence-electron chi connectivity index (χ0n) is 12.6. The predicted molar refractivity (Wildman–Crippen MR) is 81.9 cm³/mol. The fraction of sp³-hybridized carbons (Fsp3) is 0.467. The molecule has 1 rings (SSSR count). The van der Waals surface area contributed by atoms with Crippen LogP contribution in [0.3, 0.4) is 0 Å². The molecule has 0 heterocycles. The monoisotopic (exact) mass is 293 g/mol. The van der Waals surface area contributed by atoms with Crippen LogP contribution in [0.5, 0.6) is 5.75 Å². The summed E-state index contributed by atoms with van der Waals surface area (Å²) in [5, 5.41) is 2.67. The zero-order chi connectivity index (χ0) is 15.7. The molecular weight excluding hydrogens is 270 g/mol. The number of benzene rings is 1. The molecule has 0 saturated carbocycles. The van der Waals surface area contributed by atoms with Crippen molar-refractivity contribution in [3.8, 4) is 5.75 Å². The summed E-state index contributed by atoms with van der Waals surface area (Å²) in [6, 6.07) is 7.14. The van der Waals surface area contributed by atoms with E-state index in [1.807, 2.05) is 26.0 Å². The summed E-state index contributed by atoms with van der Waals surface area (Å²) in [5.41, 5.74) is 6.29. The molecule has 0 saturated heterocycles. The summed E-state index contributed by atoms with van der Waals surface area (Å²) in [4.78, 5) is 25.0. The smallest absolute Gasteiger partial charge is 0.239 e. The van der Waals surface area contributed by atoms with Crippen molar-refractivity contribution in [2.24, 2.45) is 0 Å². The molecule has 0 aliphatic rings. The fourth-order valence-electron chi connectivity index (χ4n) is 1.82. The van der Waals surface area contributed by atoms with Gasteiger partial charge in [0.25, 0.3) is 0 Å². The van der Waals surface area contributed by atoms with E-state index in [0.29, 0.717) is 24.5 Å². The summed E-state index contributed by atoms with van der Waals surface area (Å²) in [5.74, 6) is 0.302. The Balaban J connectivity index is 2.41. The standard InChI is InChI=1S/C15H23N3O3/c1-3-17-14(19)11-18(4-2)15(20)9-10-21-13-8-6-5-7-12(13)16/h5-8H,3-4,9-11,16H2,1-2H3,(H,17,19). The van der Waals surface area contributed by atoms with Crippen molar-refractivity contribution >= 4 is 17.5 Å². The topological polar surface area (TPSA) is 84.7 Å². The van der Waals surface area contributed by atoms with Gasteiger partial charge in [-0.2, -0.15) is 0 Å². The van der Waals surface area contributed by atoms with E-state index in [-0.39, 0.29) is 31.4 Å². The van der Waals surface area contributed by atoms with E-state index in [9.17, 15) is 9.59 Å². The molecule has 0 fully saturated rings. The maximum Gasteiger partial charge on any atom is 0.239 e. The number of rotatable bonds is 8. The molecule has 0 atom stereocenters. The van der Waals surface area contributed by atoms with Gasteiger partial charge in [-0.05, 0) is 26.0 Å². The van der Waals surface area contributed by atoms with Crippen LogP contribution < -0.4 is 15.8 Å². The van der Waals surface area contributed by atoms with Crippen LogP contribution in [0.25, 0.3) is 0 Å². The molecule has 0 radical (unpaired) electrons. The molecule has 0 aliphatic carbocycles. The van der Waals surface area contributed by atoms with Gasteiger partial charge in [0, 0.05) is 13.1 Å². The van der Waals surface area contributed by atoms with Crippen LogP contribution in [0.1, 0.15) is 20.3 Å². The van der Waals surface area contributed by atoms with Crippen molar-refractivity contribution < 1.29 is 14.3 Å². The number of nitrogens with zero attached hydrogens (tertiary/aromatic N) is 1. The minimum absolute atomic E-state index is 0.0800. The van der Waals surface area contributed by atoms with Crippen LogP contribution >= 0.6 is 0 Å². The molecule has 3 N–H and O–H groups in total. The van der Waals surface area contributed by atoms with Crippen molar-refractivity contribution in [1.29, 1.82) is 0 Å². The van der Waals surface area contributed by atoms with E-state index in [4.69, 9.17) is 10.5 Å². The molecule has 1 aromatic rings. The average Bonchev–Trinajstić information content (AvgIpc) is 2.47. The number of likely N-dealkylation sites (N-methyl/N-ethyl adjacent to an activating group) is 2. The Hall–Kier alpha value is -2.24. The van der Waals surface area contributed by atoms with Gasteiger partial charge in [-0.3, -0.25) is 9.59 Å². The molecule has 0 unspecified atom stereocenters. The molecule has 21 heavy (non-hydrogen) atoms. The minimum Gasteiger partial charge on any atom is -0.491 e.